The van der Waals surface area contributed by atoms with Crippen LogP contribution in [-0.4, -0.2) is 17.6 Å². The zero-order chi connectivity index (χ0) is 4.28. The molecule has 0 radical (unpaired) electrons. The number of carboxylic acids is 1. The van der Waals surface area contributed by atoms with Gasteiger partial charge in [0.05, 0.1) is 6.54 Å². The van der Waals surface area contributed by atoms with Gasteiger partial charge in [-0.15, -0.1) is 0 Å². The van der Waals surface area contributed by atoms with E-state index in [0.29, 0.717) is 0 Å². The van der Waals surface area contributed by atoms with Crippen molar-refractivity contribution in [2.24, 2.45) is 5.73 Å². The summed E-state index contributed by atoms with van der Waals surface area (Å²) in [5.41, 5.74) is 4.57. The second-order valence-corrected chi connectivity index (χ2v) is 0.598. The number of aliphatic carboxylic acids is 1. The van der Waals surface area contributed by atoms with E-state index in [4.69, 9.17) is 5.11 Å². The Hall–Kier alpha value is -0.570. The second-order valence-electron chi connectivity index (χ2n) is 0.598. The summed E-state index contributed by atoms with van der Waals surface area (Å²) in [7, 11) is 0. The summed E-state index contributed by atoms with van der Waals surface area (Å²) in [6.45, 7) is -0.278. The summed E-state index contributed by atoms with van der Waals surface area (Å²) < 4.78 is 0. The van der Waals surface area contributed by atoms with Gasteiger partial charge in [0.2, 0.25) is 0 Å². The Labute approximate surface area is 29.4 Å². The fraction of sp³-hybridized carbons (Fsp3) is 0.500. The average Bonchev–Trinajstić information content (AvgIpc) is 1.38. The van der Waals surface area contributed by atoms with Crippen molar-refractivity contribution in [3.63, 3.8) is 0 Å². The molecule has 0 saturated carbocycles. The predicted molar refractivity (Wildman–Crippen MR) is 16.7 cm³/mol. The van der Waals surface area contributed by atoms with Crippen LogP contribution in [0.25, 0.3) is 0 Å². The fourth-order valence-corrected chi connectivity index (χ4v) is 0. The van der Waals surface area contributed by atoms with E-state index in [1.807, 2.05) is 0 Å². The molecule has 0 saturated heterocycles. The molecule has 0 aliphatic heterocycles. The Bertz CT molecular complexity index is 42.9. The number of hydrogen-bond donors (Lipinski definition) is 2. The van der Waals surface area contributed by atoms with Gasteiger partial charge in [0.1, 0.15) is 0 Å². The third-order valence-corrected chi connectivity index (χ3v) is 0.175. The summed E-state index contributed by atoms with van der Waals surface area (Å²) in [6, 6.07) is 0. The molecule has 0 rings (SSSR count). The van der Waals surface area contributed by atoms with Crippen molar-refractivity contribution >= 4 is 5.97 Å². The molecule has 0 aromatic heterocycles. The number of hydrogen-bond acceptors (Lipinski definition) is 2. The van der Waals surface area contributed by atoms with Crippen LogP contribution in [0.3, 0.4) is 0 Å². The Morgan fingerprint density at radius 3 is 2.20 bits per heavy atom. The summed E-state index contributed by atoms with van der Waals surface area (Å²) in [5, 5.41) is 7.60. The molecule has 0 aromatic rings. The Morgan fingerprint density at radius 2 is 2.20 bits per heavy atom. The first-order valence-corrected chi connectivity index (χ1v) is 1.19. The number of carbonyl (C=O) groups is 1. The molecular formula is C2H5NO2. The Morgan fingerprint density at radius 1 is 2.00 bits per heavy atom. The van der Waals surface area contributed by atoms with Crippen molar-refractivity contribution in [2.45, 2.75) is 0 Å². The van der Waals surface area contributed by atoms with E-state index < -0.39 is 5.97 Å². The maximum Gasteiger partial charge on any atom is 0.317 e. The third-order valence-electron chi connectivity index (χ3n) is 0.175. The molecule has 0 fully saturated rings. The van der Waals surface area contributed by atoms with Crippen molar-refractivity contribution in [1.82, 2.24) is 0 Å². The normalized spacial score (nSPS) is 7.40. The van der Waals surface area contributed by atoms with Crippen molar-refractivity contribution in [3.8, 4) is 0 Å². The summed E-state index contributed by atoms with van der Waals surface area (Å²) in [5.74, 6) is -0.968. The van der Waals surface area contributed by atoms with Crippen molar-refractivity contribution in [3.05, 3.63) is 0 Å². The highest BCUT2D eigenvalue weighted by molar-refractivity contribution is 5.68. The van der Waals surface area contributed by atoms with Crippen LogP contribution in [0.15, 0.2) is 0 Å². The molecule has 3 heteroatoms. The van der Waals surface area contributed by atoms with Crippen LogP contribution in [0.2, 0.25) is 0 Å². The lowest BCUT2D eigenvalue weighted by molar-refractivity contribution is -0.135. The minimum atomic E-state index is -0.968. The summed E-state index contributed by atoms with van der Waals surface area (Å²) >= 11 is 0. The van der Waals surface area contributed by atoms with Crippen LogP contribution in [0.1, 0.15) is 0 Å². The quantitative estimate of drug-likeness (QED) is 0.312. The fourth-order valence-electron chi connectivity index (χ4n) is 0. The van der Waals surface area contributed by atoms with Gasteiger partial charge in [-0.3, -0.25) is 4.79 Å². The smallest absolute Gasteiger partial charge is 0.317 e. The minimum absolute atomic E-state index is 0.278. The molecule has 0 aromatic carbocycles. The first-order valence-electron chi connectivity index (χ1n) is 1.19. The minimum Gasteiger partial charge on any atom is -0.480 e. The lowest BCUT2D eigenvalue weighted by Crippen LogP contribution is -2.10. The van der Waals surface area contributed by atoms with Gasteiger partial charge in [0, 0.05) is 0 Å². The molecule has 30 valence electrons. The van der Waals surface area contributed by atoms with E-state index in [-0.39, 0.29) is 6.54 Å². The monoisotopic (exact) mass is 77.0 g/mol. The van der Waals surface area contributed by atoms with Gasteiger partial charge < -0.3 is 10.8 Å². The van der Waals surface area contributed by atoms with Gasteiger partial charge in [-0.2, -0.15) is 0 Å². The van der Waals surface area contributed by atoms with E-state index in [2.05, 4.69) is 5.73 Å². The third kappa shape index (κ3) is 3.43. The lowest BCUT2D eigenvalue weighted by Gasteiger charge is -1.73. The van der Waals surface area contributed by atoms with E-state index in [1.54, 1.807) is 0 Å². The molecule has 5 heavy (non-hydrogen) atoms. The lowest BCUT2D eigenvalue weighted by atomic mass is 11.1. The van der Waals surface area contributed by atoms with Gasteiger partial charge in [0.15, 0.2) is 0 Å². The molecule has 0 aliphatic rings. The van der Waals surface area contributed by atoms with E-state index in [0.717, 1.165) is 0 Å². The molecule has 3 N–H and O–H groups in total. The first-order chi connectivity index (χ1) is 2.27. The zero-order valence-electron chi connectivity index (χ0n) is 2.64. The molecule has 0 unspecified atom stereocenters. The second kappa shape index (κ2) is 1.72. The molecule has 3 nitrogen and oxygen atoms in total. The van der Waals surface area contributed by atoms with Crippen LogP contribution >= 0.6 is 0 Å². The molecule has 0 aliphatic carbocycles. The van der Waals surface area contributed by atoms with E-state index >= 15 is 0 Å². The number of nitrogens with two attached hydrogens (primary N) is 1. The molecule has 0 heterocycles. The average molecular weight is 77.1 g/mol. The van der Waals surface area contributed by atoms with Crippen molar-refractivity contribution in [1.29, 1.82) is 0 Å². The van der Waals surface area contributed by atoms with Crippen molar-refractivity contribution < 1.29 is 9.90 Å². The van der Waals surface area contributed by atoms with Gasteiger partial charge in [0.25, 0.3) is 0 Å². The molecule has 0 bridgehead atoms. The molecule has 0 spiro atoms. The zero-order valence-corrected chi connectivity index (χ0v) is 2.64. The topological polar surface area (TPSA) is 63.3 Å². The predicted octanol–water partition coefficient (Wildman–Crippen LogP) is -0.970. The van der Waals surface area contributed by atoms with Gasteiger partial charge in [-0.1, -0.05) is 0 Å². The van der Waals surface area contributed by atoms with Crippen molar-refractivity contribution in [2.75, 3.05) is 6.54 Å². The van der Waals surface area contributed by atoms with E-state index in [1.165, 1.54) is 0 Å². The molecule has 0 amide bonds. The highest BCUT2D eigenvalue weighted by Gasteiger charge is 1.81. The first kappa shape index (κ1) is 4.43. The molecule has 0 atom stereocenters. The SMILES string of the molecule is [15NH2]C[13C](=O)O. The highest BCUT2D eigenvalue weighted by Crippen LogP contribution is 1.43. The maximum absolute atomic E-state index is 9.24. The van der Waals surface area contributed by atoms with Gasteiger partial charge >= 0.3 is 5.97 Å². The van der Waals surface area contributed by atoms with E-state index in [9.17, 15) is 4.79 Å². The van der Waals surface area contributed by atoms with Crippen LogP contribution in [0.5, 0.6) is 0 Å². The van der Waals surface area contributed by atoms with Gasteiger partial charge in [-0.25, -0.2) is 0 Å². The Kier molecular flexibility index (Phi) is 1.53. The Balaban J connectivity index is 2.85. The number of rotatable bonds is 1. The number of carboxylic acid groups (broad SMARTS) is 1. The standard InChI is InChI=1S/C2H5NO2/c3-1-2(4)5/h1,3H2,(H,4,5)/i2+1,3+1. The molecular weight excluding hydrogens is 72.0 g/mol. The largest absolute Gasteiger partial charge is 0.480 e. The van der Waals surface area contributed by atoms with Crippen LogP contribution < -0.4 is 5.73 Å². The highest BCUT2D eigenvalue weighted by atomic mass is 16.5. The summed E-state index contributed by atoms with van der Waals surface area (Å²) in [6.07, 6.45) is 0. The summed E-state index contributed by atoms with van der Waals surface area (Å²) in [4.78, 5) is 9.24. The van der Waals surface area contributed by atoms with Crippen LogP contribution in [-0.2, 0) is 4.79 Å². The van der Waals surface area contributed by atoms with Crippen LogP contribution in [0.4, 0.5) is 0 Å². The maximum atomic E-state index is 9.24. The van der Waals surface area contributed by atoms with Gasteiger partial charge in [-0.05, 0) is 0 Å². The van der Waals surface area contributed by atoms with Crippen LogP contribution in [0, 0.1) is 0 Å².